The average molecular weight is 218 g/mol. The van der Waals surface area contributed by atoms with Crippen molar-refractivity contribution in [3.8, 4) is 0 Å². The molecule has 4 heteroatoms. The van der Waals surface area contributed by atoms with E-state index in [1.165, 1.54) is 0 Å². The van der Waals surface area contributed by atoms with Crippen LogP contribution >= 0.6 is 0 Å². The smallest absolute Gasteiger partial charge is 0.0630 e. The standard InChI is InChI=1S/C11H26N2O2/c1-5-13(7-8-15-6-2)11(9-12-3)10-14-4/h11-12H,5-10H2,1-4H3. The van der Waals surface area contributed by atoms with E-state index in [1.54, 1.807) is 7.11 Å². The maximum absolute atomic E-state index is 5.37. The van der Waals surface area contributed by atoms with Crippen molar-refractivity contribution in [1.29, 1.82) is 0 Å². The van der Waals surface area contributed by atoms with E-state index in [9.17, 15) is 0 Å². The van der Waals surface area contributed by atoms with E-state index in [0.717, 1.165) is 39.5 Å². The van der Waals surface area contributed by atoms with Gasteiger partial charge in [-0.1, -0.05) is 6.92 Å². The SMILES string of the molecule is CCOCCN(CC)C(CNC)COC. The van der Waals surface area contributed by atoms with Crippen LogP contribution in [0.2, 0.25) is 0 Å². The number of methoxy groups -OCH3 is 1. The molecule has 0 saturated carbocycles. The Kier molecular flexibility index (Phi) is 10.3. The molecule has 15 heavy (non-hydrogen) atoms. The van der Waals surface area contributed by atoms with Gasteiger partial charge in [-0.2, -0.15) is 0 Å². The van der Waals surface area contributed by atoms with Crippen LogP contribution in [-0.2, 0) is 9.47 Å². The molecule has 1 unspecified atom stereocenters. The highest BCUT2D eigenvalue weighted by atomic mass is 16.5. The van der Waals surface area contributed by atoms with Gasteiger partial charge in [-0.25, -0.2) is 0 Å². The molecule has 0 aromatic rings. The predicted octanol–water partition coefficient (Wildman–Crippen LogP) is 0.579. The van der Waals surface area contributed by atoms with Gasteiger partial charge < -0.3 is 14.8 Å². The van der Waals surface area contributed by atoms with Crippen LogP contribution in [0.4, 0.5) is 0 Å². The van der Waals surface area contributed by atoms with E-state index < -0.39 is 0 Å². The fourth-order valence-electron chi connectivity index (χ4n) is 1.65. The van der Waals surface area contributed by atoms with Crippen molar-refractivity contribution in [2.45, 2.75) is 19.9 Å². The van der Waals surface area contributed by atoms with E-state index in [4.69, 9.17) is 9.47 Å². The van der Waals surface area contributed by atoms with E-state index >= 15 is 0 Å². The maximum Gasteiger partial charge on any atom is 0.0630 e. The fraction of sp³-hybridized carbons (Fsp3) is 1.00. The molecule has 0 rings (SSSR count). The second-order valence-electron chi connectivity index (χ2n) is 3.49. The van der Waals surface area contributed by atoms with Gasteiger partial charge in [0.15, 0.2) is 0 Å². The van der Waals surface area contributed by atoms with Gasteiger partial charge >= 0.3 is 0 Å². The Labute approximate surface area is 93.9 Å². The predicted molar refractivity (Wildman–Crippen MR) is 63.3 cm³/mol. The third-order valence-electron chi connectivity index (χ3n) is 2.45. The quantitative estimate of drug-likeness (QED) is 0.544. The lowest BCUT2D eigenvalue weighted by molar-refractivity contribution is 0.0610. The number of rotatable bonds is 10. The first-order chi connectivity index (χ1) is 7.29. The van der Waals surface area contributed by atoms with Gasteiger partial charge in [-0.15, -0.1) is 0 Å². The summed E-state index contributed by atoms with van der Waals surface area (Å²) in [4.78, 5) is 2.38. The van der Waals surface area contributed by atoms with E-state index in [2.05, 4.69) is 17.1 Å². The summed E-state index contributed by atoms with van der Waals surface area (Å²) >= 11 is 0. The molecule has 4 nitrogen and oxygen atoms in total. The summed E-state index contributed by atoms with van der Waals surface area (Å²) in [6.07, 6.45) is 0. The summed E-state index contributed by atoms with van der Waals surface area (Å²) in [7, 11) is 3.72. The third-order valence-corrected chi connectivity index (χ3v) is 2.45. The van der Waals surface area contributed by atoms with Gasteiger partial charge in [0, 0.05) is 32.8 Å². The third kappa shape index (κ3) is 6.84. The Morgan fingerprint density at radius 3 is 2.53 bits per heavy atom. The fourth-order valence-corrected chi connectivity index (χ4v) is 1.65. The summed E-state index contributed by atoms with van der Waals surface area (Å²) in [5.74, 6) is 0. The number of hydrogen-bond donors (Lipinski definition) is 1. The zero-order valence-electron chi connectivity index (χ0n) is 10.6. The van der Waals surface area contributed by atoms with Crippen LogP contribution in [0.3, 0.4) is 0 Å². The van der Waals surface area contributed by atoms with Crippen LogP contribution in [0.25, 0.3) is 0 Å². The first kappa shape index (κ1) is 14.8. The van der Waals surface area contributed by atoms with E-state index in [1.807, 2.05) is 14.0 Å². The van der Waals surface area contributed by atoms with E-state index in [-0.39, 0.29) is 0 Å². The zero-order chi connectivity index (χ0) is 11.5. The highest BCUT2D eigenvalue weighted by molar-refractivity contribution is 4.72. The minimum atomic E-state index is 0.436. The summed E-state index contributed by atoms with van der Waals surface area (Å²) < 4.78 is 10.6. The molecule has 0 radical (unpaired) electrons. The molecule has 92 valence electrons. The molecule has 0 fully saturated rings. The number of nitrogens with one attached hydrogen (secondary N) is 1. The average Bonchev–Trinajstić information content (AvgIpc) is 2.24. The first-order valence-corrected chi connectivity index (χ1v) is 5.75. The van der Waals surface area contributed by atoms with Crippen LogP contribution < -0.4 is 5.32 Å². The summed E-state index contributed by atoms with van der Waals surface area (Å²) in [6, 6.07) is 0.436. The van der Waals surface area contributed by atoms with Crippen molar-refractivity contribution in [2.75, 3.05) is 53.6 Å². The molecule has 1 N–H and O–H groups in total. The van der Waals surface area contributed by atoms with Crippen molar-refractivity contribution in [3.63, 3.8) is 0 Å². The lowest BCUT2D eigenvalue weighted by Crippen LogP contribution is -2.45. The maximum atomic E-state index is 5.37. The van der Waals surface area contributed by atoms with Crippen LogP contribution in [-0.4, -0.2) is 64.6 Å². The molecule has 0 saturated heterocycles. The summed E-state index contributed by atoms with van der Waals surface area (Å²) in [6.45, 7) is 9.50. The van der Waals surface area contributed by atoms with Crippen LogP contribution in [0.1, 0.15) is 13.8 Å². The summed E-state index contributed by atoms with van der Waals surface area (Å²) in [5, 5.41) is 3.20. The normalized spacial score (nSPS) is 13.4. The highest BCUT2D eigenvalue weighted by Gasteiger charge is 2.15. The summed E-state index contributed by atoms with van der Waals surface area (Å²) in [5.41, 5.74) is 0. The first-order valence-electron chi connectivity index (χ1n) is 5.75. The molecule has 0 spiro atoms. The second-order valence-corrected chi connectivity index (χ2v) is 3.49. The van der Waals surface area contributed by atoms with Gasteiger partial charge in [0.2, 0.25) is 0 Å². The van der Waals surface area contributed by atoms with Crippen molar-refractivity contribution in [3.05, 3.63) is 0 Å². The topological polar surface area (TPSA) is 33.7 Å². The Balaban J connectivity index is 3.93. The Morgan fingerprint density at radius 1 is 1.33 bits per heavy atom. The number of likely N-dealkylation sites (N-methyl/N-ethyl adjacent to an activating group) is 2. The molecule has 0 aliphatic rings. The van der Waals surface area contributed by atoms with Crippen LogP contribution in [0.5, 0.6) is 0 Å². The molecule has 1 atom stereocenters. The van der Waals surface area contributed by atoms with Gasteiger partial charge in [0.05, 0.1) is 13.2 Å². The number of ether oxygens (including phenoxy) is 2. The lowest BCUT2D eigenvalue weighted by atomic mass is 10.2. The van der Waals surface area contributed by atoms with Crippen molar-refractivity contribution < 1.29 is 9.47 Å². The van der Waals surface area contributed by atoms with Crippen molar-refractivity contribution in [2.24, 2.45) is 0 Å². The van der Waals surface area contributed by atoms with Gasteiger partial charge in [-0.3, -0.25) is 4.90 Å². The lowest BCUT2D eigenvalue weighted by Gasteiger charge is -2.29. The minimum absolute atomic E-state index is 0.436. The molecular formula is C11H26N2O2. The molecule has 0 bridgehead atoms. The minimum Gasteiger partial charge on any atom is -0.383 e. The van der Waals surface area contributed by atoms with Gasteiger partial charge in [-0.05, 0) is 20.5 Å². The number of nitrogens with zero attached hydrogens (tertiary/aromatic N) is 1. The van der Waals surface area contributed by atoms with Gasteiger partial charge in [0.25, 0.3) is 0 Å². The molecular weight excluding hydrogens is 192 g/mol. The Hall–Kier alpha value is -0.160. The van der Waals surface area contributed by atoms with E-state index in [0.29, 0.717) is 6.04 Å². The molecule has 0 aliphatic heterocycles. The zero-order valence-corrected chi connectivity index (χ0v) is 10.6. The molecule has 0 aromatic heterocycles. The number of hydrogen-bond acceptors (Lipinski definition) is 4. The second kappa shape index (κ2) is 10.4. The van der Waals surface area contributed by atoms with Crippen LogP contribution in [0.15, 0.2) is 0 Å². The van der Waals surface area contributed by atoms with Crippen LogP contribution in [0, 0.1) is 0 Å². The highest BCUT2D eigenvalue weighted by Crippen LogP contribution is 1.99. The Bertz CT molecular complexity index is 128. The molecule has 0 amide bonds. The largest absolute Gasteiger partial charge is 0.383 e. The van der Waals surface area contributed by atoms with Crippen molar-refractivity contribution in [1.82, 2.24) is 10.2 Å². The molecule has 0 aromatic carbocycles. The molecule has 0 heterocycles. The monoisotopic (exact) mass is 218 g/mol. The van der Waals surface area contributed by atoms with Crippen molar-refractivity contribution >= 4 is 0 Å². The van der Waals surface area contributed by atoms with Gasteiger partial charge in [0.1, 0.15) is 0 Å². The Morgan fingerprint density at radius 2 is 2.07 bits per heavy atom. The molecule has 0 aliphatic carbocycles.